The number of piperidine rings is 1. The highest BCUT2D eigenvalue weighted by Gasteiger charge is 2.33. The number of hydrogen-bond donors (Lipinski definition) is 1. The first-order valence-corrected chi connectivity index (χ1v) is 12.5. The molecule has 0 aliphatic carbocycles. The van der Waals surface area contributed by atoms with Crippen molar-refractivity contribution in [2.24, 2.45) is 5.92 Å². The normalized spacial score (nSPS) is 23.3. The van der Waals surface area contributed by atoms with Crippen molar-refractivity contribution < 1.29 is 4.74 Å². The molecule has 2 saturated heterocycles. The van der Waals surface area contributed by atoms with Gasteiger partial charge >= 0.3 is 0 Å². The lowest BCUT2D eigenvalue weighted by Crippen LogP contribution is -2.50. The zero-order valence-electron chi connectivity index (χ0n) is 18.4. The third kappa shape index (κ3) is 3.78. The van der Waals surface area contributed by atoms with Crippen LogP contribution in [-0.4, -0.2) is 58.7 Å². The van der Waals surface area contributed by atoms with Crippen LogP contribution in [0.2, 0.25) is 0 Å². The Labute approximate surface area is 192 Å². The second-order valence-corrected chi connectivity index (χ2v) is 10.2. The molecule has 3 aromatic heterocycles. The molecule has 0 radical (unpaired) electrons. The molecule has 32 heavy (non-hydrogen) atoms. The maximum Gasteiger partial charge on any atom is 0.150 e. The molecule has 6 rings (SSSR count). The lowest BCUT2D eigenvalue weighted by atomic mass is 9.98. The van der Waals surface area contributed by atoms with Crippen LogP contribution in [0.5, 0.6) is 0 Å². The van der Waals surface area contributed by atoms with E-state index in [-0.39, 0.29) is 12.2 Å². The average molecular weight is 448 g/mol. The molecule has 2 unspecified atom stereocenters. The van der Waals surface area contributed by atoms with Crippen LogP contribution in [0.3, 0.4) is 0 Å². The zero-order valence-corrected chi connectivity index (χ0v) is 19.2. The quantitative estimate of drug-likeness (QED) is 0.485. The number of morpholine rings is 1. The summed E-state index contributed by atoms with van der Waals surface area (Å²) in [6, 6.07) is 10.7. The molecule has 2 aliphatic heterocycles. The molecule has 0 bridgehead atoms. The van der Waals surface area contributed by atoms with E-state index in [1.165, 1.54) is 41.6 Å². The lowest BCUT2D eigenvalue weighted by Gasteiger charge is -2.42. The first kappa shape index (κ1) is 20.1. The second-order valence-electron chi connectivity index (χ2n) is 9.25. The van der Waals surface area contributed by atoms with Gasteiger partial charge < -0.3 is 19.5 Å². The van der Waals surface area contributed by atoms with Crippen LogP contribution in [0.1, 0.15) is 31.4 Å². The Bertz CT molecular complexity index is 1130. The monoisotopic (exact) mass is 447 g/mol. The third-order valence-corrected chi connectivity index (χ3v) is 7.90. The number of ether oxygens (including phenoxy) is 1. The van der Waals surface area contributed by atoms with Gasteiger partial charge in [-0.3, -0.25) is 0 Å². The summed E-state index contributed by atoms with van der Waals surface area (Å²) in [5, 5.41) is 3.35. The van der Waals surface area contributed by atoms with Gasteiger partial charge in [-0.1, -0.05) is 19.1 Å². The van der Waals surface area contributed by atoms with E-state index < -0.39 is 0 Å². The number of H-pyrrole nitrogens is 1. The molecule has 4 aromatic rings. The number of fused-ring (bicyclic) bond motifs is 2. The zero-order chi connectivity index (χ0) is 21.5. The molecule has 2 aliphatic rings. The topological polar surface area (TPSA) is 57.3 Å². The van der Waals surface area contributed by atoms with Gasteiger partial charge in [0.2, 0.25) is 0 Å². The number of rotatable bonds is 4. The molecule has 166 valence electrons. The van der Waals surface area contributed by atoms with Gasteiger partial charge in [-0.15, -0.1) is 11.3 Å². The van der Waals surface area contributed by atoms with Gasteiger partial charge in [0.1, 0.15) is 18.2 Å². The smallest absolute Gasteiger partial charge is 0.150 e. The highest BCUT2D eigenvalue weighted by Crippen LogP contribution is 2.35. The van der Waals surface area contributed by atoms with E-state index >= 15 is 0 Å². The van der Waals surface area contributed by atoms with Crippen molar-refractivity contribution in [2.75, 3.05) is 37.6 Å². The van der Waals surface area contributed by atoms with Gasteiger partial charge in [0.15, 0.2) is 0 Å². The first-order chi connectivity index (χ1) is 15.7. The van der Waals surface area contributed by atoms with Crippen molar-refractivity contribution in [3.63, 3.8) is 0 Å². The summed E-state index contributed by atoms with van der Waals surface area (Å²) in [6.45, 7) is 7.33. The largest absolute Gasteiger partial charge is 0.365 e. The number of aromatic nitrogens is 3. The van der Waals surface area contributed by atoms with Gasteiger partial charge in [0.05, 0.1) is 16.3 Å². The van der Waals surface area contributed by atoms with Crippen LogP contribution < -0.4 is 4.90 Å². The Hall–Kier alpha value is -2.48. The molecule has 2 fully saturated rings. The maximum atomic E-state index is 6.79. The Morgan fingerprint density at radius 1 is 1.12 bits per heavy atom. The number of nitrogens with one attached hydrogen (secondary N) is 1. The van der Waals surface area contributed by atoms with Crippen molar-refractivity contribution in [1.29, 1.82) is 0 Å². The van der Waals surface area contributed by atoms with E-state index in [0.29, 0.717) is 0 Å². The van der Waals surface area contributed by atoms with Gasteiger partial charge in [-0.25, -0.2) is 9.97 Å². The van der Waals surface area contributed by atoms with Crippen LogP contribution in [0.15, 0.2) is 48.2 Å². The number of likely N-dealkylation sites (tertiary alicyclic amines) is 1. The fraction of sp³-hybridized carbons (Fsp3) is 0.440. The number of aromatic amines is 1. The van der Waals surface area contributed by atoms with E-state index in [1.807, 2.05) is 6.20 Å². The molecule has 1 aromatic carbocycles. The first-order valence-electron chi connectivity index (χ1n) is 11.6. The summed E-state index contributed by atoms with van der Waals surface area (Å²) >= 11 is 1.72. The number of nitrogens with zero attached hydrogens (tertiary/aromatic N) is 4. The average Bonchev–Trinajstić information content (AvgIpc) is 3.49. The predicted octanol–water partition coefficient (Wildman–Crippen LogP) is 4.85. The summed E-state index contributed by atoms with van der Waals surface area (Å²) in [7, 11) is 0. The van der Waals surface area contributed by atoms with E-state index in [1.54, 1.807) is 17.7 Å². The van der Waals surface area contributed by atoms with E-state index in [2.05, 4.69) is 62.4 Å². The molecule has 0 spiro atoms. The number of anilines is 1. The Balaban J connectivity index is 1.33. The van der Waals surface area contributed by atoms with E-state index in [9.17, 15) is 0 Å². The number of hydrogen-bond acceptors (Lipinski definition) is 6. The predicted molar refractivity (Wildman–Crippen MR) is 130 cm³/mol. The summed E-state index contributed by atoms with van der Waals surface area (Å²) < 4.78 is 7.95. The van der Waals surface area contributed by atoms with Crippen molar-refractivity contribution >= 4 is 38.3 Å². The molecular weight excluding hydrogens is 418 g/mol. The molecule has 6 nitrogen and oxygen atoms in total. The fourth-order valence-corrected chi connectivity index (χ4v) is 6.07. The van der Waals surface area contributed by atoms with Gasteiger partial charge in [0.25, 0.3) is 0 Å². The van der Waals surface area contributed by atoms with Gasteiger partial charge in [0, 0.05) is 36.7 Å². The summed E-state index contributed by atoms with van der Waals surface area (Å²) in [4.78, 5) is 17.5. The maximum absolute atomic E-state index is 6.79. The minimum atomic E-state index is 0.00180. The van der Waals surface area contributed by atoms with Crippen molar-refractivity contribution in [1.82, 2.24) is 19.9 Å². The van der Waals surface area contributed by atoms with Crippen LogP contribution in [0.25, 0.3) is 21.1 Å². The second kappa shape index (κ2) is 8.46. The van der Waals surface area contributed by atoms with Crippen molar-refractivity contribution in [3.05, 3.63) is 53.8 Å². The summed E-state index contributed by atoms with van der Waals surface area (Å²) in [6.07, 6.45) is 6.42. The van der Waals surface area contributed by atoms with Crippen molar-refractivity contribution in [3.8, 4) is 0 Å². The molecule has 5 heterocycles. The summed E-state index contributed by atoms with van der Waals surface area (Å²) in [5.41, 5.74) is 3.44. The van der Waals surface area contributed by atoms with E-state index in [4.69, 9.17) is 9.72 Å². The van der Waals surface area contributed by atoms with Gasteiger partial charge in [-0.05, 0) is 61.0 Å². The van der Waals surface area contributed by atoms with Crippen molar-refractivity contribution in [2.45, 2.75) is 32.0 Å². The highest BCUT2D eigenvalue weighted by molar-refractivity contribution is 7.17. The molecule has 2 atom stereocenters. The molecular formula is C25H29N5OS. The van der Waals surface area contributed by atoms with Gasteiger partial charge in [-0.2, -0.15) is 0 Å². The Morgan fingerprint density at radius 2 is 2.03 bits per heavy atom. The molecule has 0 saturated carbocycles. The van der Waals surface area contributed by atoms with Crippen LogP contribution in [0.4, 0.5) is 5.82 Å². The SMILES string of the molecule is CC1CCN(CC2CN(c3ncnc4ccsc34)CC(c3cccc4[nH]ccc34)O2)CC1. The lowest BCUT2D eigenvalue weighted by molar-refractivity contribution is -0.0455. The van der Waals surface area contributed by atoms with Crippen LogP contribution in [-0.2, 0) is 4.74 Å². The van der Waals surface area contributed by atoms with Crippen LogP contribution >= 0.6 is 11.3 Å². The minimum absolute atomic E-state index is 0.00180. The molecule has 1 N–H and O–H groups in total. The molecule has 0 amide bonds. The fourth-order valence-electron chi connectivity index (χ4n) is 5.21. The van der Waals surface area contributed by atoms with E-state index in [0.717, 1.165) is 42.4 Å². The Morgan fingerprint density at radius 3 is 2.94 bits per heavy atom. The molecule has 7 heteroatoms. The highest BCUT2D eigenvalue weighted by atomic mass is 32.1. The number of thiophene rings is 1. The number of benzene rings is 1. The summed E-state index contributed by atoms with van der Waals surface area (Å²) in [5.74, 6) is 1.87. The minimum Gasteiger partial charge on any atom is -0.365 e. The standard InChI is InChI=1S/C25H29N5OS/c1-17-6-10-29(11-7-17)13-18-14-30(25-24-22(8-12-32-24)27-16-28-25)15-23(31-18)20-3-2-4-21-19(20)5-9-26-21/h2-5,8-9,12,16-18,23,26H,6-7,10-11,13-15H2,1H3. The third-order valence-electron chi connectivity index (χ3n) is 7.00. The van der Waals surface area contributed by atoms with Crippen LogP contribution in [0, 0.1) is 5.92 Å². The Kier molecular flexibility index (Phi) is 5.33.